The Hall–Kier alpha value is -3.61. The molecule has 3 rings (SSSR count). The molecular weight excluding hydrogens is 965 g/mol. The molecule has 0 bridgehead atoms. The van der Waals surface area contributed by atoms with Crippen LogP contribution in [-0.4, -0.2) is 177 Å². The lowest BCUT2D eigenvalue weighted by Crippen LogP contribution is -2.97. The van der Waals surface area contributed by atoms with E-state index in [1.165, 1.54) is 27.7 Å². The highest BCUT2D eigenvalue weighted by Crippen LogP contribution is 2.48. The van der Waals surface area contributed by atoms with Crippen LogP contribution in [0.25, 0.3) is 0 Å². The van der Waals surface area contributed by atoms with E-state index in [2.05, 4.69) is 60.2 Å². The predicted octanol–water partition coefficient (Wildman–Crippen LogP) is 3.40. The smallest absolute Gasteiger partial charge is 0.303 e. The number of rotatable bonds is 22. The molecule has 0 amide bonds. The maximum absolute atomic E-state index is 12.3. The van der Waals surface area contributed by atoms with Crippen molar-refractivity contribution in [1.29, 1.82) is 0 Å². The fourth-order valence-corrected chi connectivity index (χ4v) is 52.9. The largest absolute Gasteiger partial charge is 0.463 e. The van der Waals surface area contributed by atoms with Crippen molar-refractivity contribution in [1.82, 2.24) is 7.79 Å². The van der Waals surface area contributed by atoms with E-state index in [1.807, 2.05) is 0 Å². The van der Waals surface area contributed by atoms with Crippen LogP contribution in [0.3, 0.4) is 0 Å². The Bertz CT molecular complexity index is 1700. The molecule has 0 aromatic heterocycles. The van der Waals surface area contributed by atoms with E-state index in [0.717, 1.165) is 39.8 Å². The van der Waals surface area contributed by atoms with Crippen molar-refractivity contribution in [2.45, 2.75) is 194 Å². The van der Waals surface area contributed by atoms with E-state index in [4.69, 9.17) is 56.8 Å². The van der Waals surface area contributed by atoms with Crippen LogP contribution in [0, 0.1) is 0 Å². The topological polar surface area (TPSA) is 254 Å². The van der Waals surface area contributed by atoms with E-state index < -0.39 is 142 Å². The zero-order valence-electron chi connectivity index (χ0n) is 42.5. The molecule has 3 fully saturated rings. The number of nitrogens with zero attached hydrogens (tertiary/aromatic N) is 2. The van der Waals surface area contributed by atoms with Crippen molar-refractivity contribution >= 4 is 81.0 Å². The van der Waals surface area contributed by atoms with Crippen LogP contribution in [0.1, 0.15) is 68.2 Å². The first-order valence-electron chi connectivity index (χ1n) is 22.8. The molecule has 0 N–H and O–H groups in total. The van der Waals surface area contributed by atoms with Gasteiger partial charge in [0.25, 0.3) is 0 Å². The van der Waals surface area contributed by atoms with Gasteiger partial charge in [0, 0.05) is 68.6 Å². The summed E-state index contributed by atoms with van der Waals surface area (Å²) in [5.74, 6) is -5.54. The molecule has 0 saturated carbocycles. The third-order valence-corrected chi connectivity index (χ3v) is 42.1. The third-order valence-electron chi connectivity index (χ3n) is 11.7. The maximum atomic E-state index is 12.3. The van der Waals surface area contributed by atoms with Gasteiger partial charge >= 0.3 is 47.8 Å². The lowest BCUT2D eigenvalue weighted by Gasteiger charge is -2.76. The second-order valence-corrected chi connectivity index (χ2v) is 39.0. The van der Waals surface area contributed by atoms with Crippen LogP contribution in [0.4, 0.5) is 0 Å². The molecule has 0 aliphatic carbocycles. The maximum Gasteiger partial charge on any atom is 0.303 e. The highest BCUT2D eigenvalue weighted by atomic mass is 28.6. The van der Waals surface area contributed by atoms with Crippen molar-refractivity contribution in [3.8, 4) is 0 Å². The molecule has 22 nitrogen and oxygen atoms in total. The number of esters is 8. The number of carbonyl (C=O) groups excluding carboxylic acids is 8. The van der Waals surface area contributed by atoms with Crippen molar-refractivity contribution in [3.63, 3.8) is 0 Å². The molecule has 0 aromatic rings. The van der Waals surface area contributed by atoms with E-state index >= 15 is 0 Å². The monoisotopic (exact) mass is 1040 g/mol. The van der Waals surface area contributed by atoms with Gasteiger partial charge in [-0.1, -0.05) is 26.2 Å². The minimum Gasteiger partial charge on any atom is -0.463 e. The summed E-state index contributed by atoms with van der Waals surface area (Å²) < 4.78 is 74.1. The Morgan fingerprint density at radius 3 is 0.956 bits per heavy atom. The summed E-state index contributed by atoms with van der Waals surface area (Å²) in [6.07, 6.45) is -11.3. The summed E-state index contributed by atoms with van der Waals surface area (Å²) in [7, 11) is -8.56. The summed E-state index contributed by atoms with van der Waals surface area (Å²) in [5.41, 5.74) is 0. The quantitative estimate of drug-likeness (QED) is 0.0652. The van der Waals surface area contributed by atoms with E-state index in [-0.39, 0.29) is 26.4 Å². The SMILES string of the molecule is CC(=O)OC[C@H]1O[C@@H](OCCC[Si](C)(C)N2[Si](C)(C)N([Si](C)(C)CCCO[C@@H]3O[C@H](COC(C)=O)[C@@H](OC(C)=O)[C@H](OC(C)=O)[C@H]3OC(C)=O)[Si]2(C)C)[C@H](OC(C)=O)[C@@H](OC(C)=O)[C@@H]1OC(C)=O. The van der Waals surface area contributed by atoms with E-state index in [0.29, 0.717) is 12.8 Å². The van der Waals surface area contributed by atoms with Crippen molar-refractivity contribution in [2.75, 3.05) is 26.4 Å². The average Bonchev–Trinajstić information content (AvgIpc) is 3.15. The van der Waals surface area contributed by atoms with Crippen LogP contribution in [0.2, 0.25) is 64.5 Å². The van der Waals surface area contributed by atoms with Crippen LogP contribution < -0.4 is 0 Å². The van der Waals surface area contributed by atoms with Crippen molar-refractivity contribution in [2.24, 2.45) is 0 Å². The Morgan fingerprint density at radius 1 is 0.426 bits per heavy atom. The number of hydrogen-bond acceptors (Lipinski definition) is 22. The molecule has 3 heterocycles. The highest BCUT2D eigenvalue weighted by molar-refractivity contribution is 7.20. The molecule has 68 heavy (non-hydrogen) atoms. The molecule has 388 valence electrons. The first-order valence-corrected chi connectivity index (χ1v) is 34.9. The fraction of sp³-hybridized carbons (Fsp3) is 0.810. The summed E-state index contributed by atoms with van der Waals surface area (Å²) in [6, 6.07) is 1.70. The van der Waals surface area contributed by atoms with Crippen LogP contribution in [0.5, 0.6) is 0 Å². The normalized spacial score (nSPS) is 28.2. The average molecular weight is 1040 g/mol. The first kappa shape index (κ1) is 58.7. The Balaban J connectivity index is 1.73. The van der Waals surface area contributed by atoms with Gasteiger partial charge in [-0.05, 0) is 51.1 Å². The van der Waals surface area contributed by atoms with Crippen molar-refractivity contribution < 1.29 is 95.2 Å². The molecule has 3 aliphatic rings. The number of hydrogen-bond donors (Lipinski definition) is 0. The standard InChI is InChI=1S/C42H74N2O20Si4/c1-25(45)55-23-33-35(57-27(3)47)37(59-29(5)49)39(61-31(7)51)41(63-33)53-19-17-21-65(9,10)43-67(13,14)44(68(43,15)16)66(11,12)22-18-20-54-42-40(62-32(8)52)38(60-30(6)50)36(58-28(4)48)34(64-42)24-56-26(2)46/h33-42H,17-24H2,1-16H3/t33-,34-,35-,36-,37+,38+,39-,40-,41-,42-/m1/s1. The molecule has 10 atom stereocenters. The van der Waals surface area contributed by atoms with Crippen molar-refractivity contribution in [3.05, 3.63) is 0 Å². The van der Waals surface area contributed by atoms with Gasteiger partial charge in [-0.3, -0.25) is 38.4 Å². The van der Waals surface area contributed by atoms with Crippen LogP contribution >= 0.6 is 0 Å². The first-order chi connectivity index (χ1) is 31.3. The number of carbonyl (C=O) groups is 8. The molecule has 3 saturated heterocycles. The van der Waals surface area contributed by atoms with Crippen LogP contribution in [0.15, 0.2) is 0 Å². The summed E-state index contributed by atoms with van der Waals surface area (Å²) in [4.78, 5) is 96.9. The van der Waals surface area contributed by atoms with Gasteiger partial charge < -0.3 is 64.6 Å². The zero-order chi connectivity index (χ0) is 51.7. The number of ether oxygens (including phenoxy) is 12. The third kappa shape index (κ3) is 15.7. The molecule has 3 aliphatic heterocycles. The van der Waals surface area contributed by atoms with Gasteiger partial charge in [-0.15, -0.1) is 0 Å². The fourth-order valence-electron chi connectivity index (χ4n) is 10.7. The van der Waals surface area contributed by atoms with Gasteiger partial charge in [0.1, 0.15) is 41.9 Å². The molecule has 0 aromatic carbocycles. The van der Waals surface area contributed by atoms with Gasteiger partial charge in [0.15, 0.2) is 66.0 Å². The second-order valence-electron chi connectivity index (χ2n) is 19.4. The Labute approximate surface area is 403 Å². The lowest BCUT2D eigenvalue weighted by atomic mass is 9.98. The summed E-state index contributed by atoms with van der Waals surface area (Å²) in [6.45, 7) is 28.1. The molecule has 0 unspecified atom stereocenters. The Morgan fingerprint density at radius 2 is 0.691 bits per heavy atom. The minimum atomic E-state index is -2.16. The second kappa shape index (κ2) is 24.5. The molecule has 0 spiro atoms. The van der Waals surface area contributed by atoms with E-state index in [9.17, 15) is 38.4 Å². The van der Waals surface area contributed by atoms with Gasteiger partial charge in [-0.2, -0.15) is 0 Å². The van der Waals surface area contributed by atoms with Gasteiger partial charge in [0.2, 0.25) is 0 Å². The minimum absolute atomic E-state index is 0.186. The highest BCUT2D eigenvalue weighted by Gasteiger charge is 2.68. The predicted molar refractivity (Wildman–Crippen MR) is 248 cm³/mol. The van der Waals surface area contributed by atoms with Crippen LogP contribution in [-0.2, 0) is 95.2 Å². The zero-order valence-corrected chi connectivity index (χ0v) is 46.5. The lowest BCUT2D eigenvalue weighted by molar-refractivity contribution is -0.308. The molecule has 26 heteroatoms. The Kier molecular flexibility index (Phi) is 21.1. The van der Waals surface area contributed by atoms with Gasteiger partial charge in [0.05, 0.1) is 0 Å². The van der Waals surface area contributed by atoms with E-state index in [1.54, 1.807) is 0 Å². The summed E-state index contributed by atoms with van der Waals surface area (Å²) in [5, 5.41) is 0. The molecule has 0 radical (unpaired) electrons. The molecular formula is C42H74N2O20Si4. The summed E-state index contributed by atoms with van der Waals surface area (Å²) >= 11 is 0. The van der Waals surface area contributed by atoms with Gasteiger partial charge in [-0.25, -0.2) is 0 Å².